The molecule has 4 rings (SSSR count). The molecule has 3 aromatic carbocycles. The number of hydrogen-bond donors (Lipinski definition) is 1. The van der Waals surface area contributed by atoms with Gasteiger partial charge in [0.15, 0.2) is 0 Å². The zero-order valence-electron chi connectivity index (χ0n) is 20.0. The highest BCUT2D eigenvalue weighted by Gasteiger charge is 2.19. The van der Waals surface area contributed by atoms with Crippen LogP contribution < -0.4 is 10.1 Å². The first-order valence-corrected chi connectivity index (χ1v) is 12.3. The van der Waals surface area contributed by atoms with Crippen LogP contribution in [0, 0.1) is 5.82 Å². The molecule has 1 aliphatic rings. The molecule has 5 nitrogen and oxygen atoms in total. The Hall–Kier alpha value is -3.22. The minimum absolute atomic E-state index is 0.146. The molecule has 1 aliphatic heterocycles. The third-order valence-corrected chi connectivity index (χ3v) is 6.08. The molecule has 1 heterocycles. The summed E-state index contributed by atoms with van der Waals surface area (Å²) >= 11 is 0. The number of nitrogens with one attached hydrogen (secondary N) is 1. The van der Waals surface area contributed by atoms with Gasteiger partial charge in [0.05, 0.1) is 18.2 Å². The highest BCUT2D eigenvalue weighted by atomic mass is 19.1. The zero-order valence-corrected chi connectivity index (χ0v) is 20.0. The van der Waals surface area contributed by atoms with Crippen LogP contribution in [0.5, 0.6) is 5.75 Å². The molecule has 1 amide bonds. The van der Waals surface area contributed by atoms with E-state index in [4.69, 9.17) is 9.47 Å². The Morgan fingerprint density at radius 3 is 2.54 bits per heavy atom. The standard InChI is InChI=1S/C29H33FN2O3/c30-25-12-8-11-24(19-25)21-32-15-6-7-17-34-22-26(20-23-9-2-1-3-10-23)31-29(33)27-13-4-5-14-28(27)35-18-16-32/h1-5,8-14,19,26H,6-7,15-18,20-22H2,(H,31,33)/t26-/m0/s1. The molecule has 184 valence electrons. The Morgan fingerprint density at radius 2 is 1.69 bits per heavy atom. The first-order chi connectivity index (χ1) is 17.2. The molecule has 1 atom stereocenters. The summed E-state index contributed by atoms with van der Waals surface area (Å²) in [6.07, 6.45) is 2.56. The summed E-state index contributed by atoms with van der Waals surface area (Å²) in [7, 11) is 0. The summed E-state index contributed by atoms with van der Waals surface area (Å²) in [4.78, 5) is 15.4. The number of benzene rings is 3. The minimum Gasteiger partial charge on any atom is -0.491 e. The number of carbonyl (C=O) groups is 1. The van der Waals surface area contributed by atoms with Gasteiger partial charge >= 0.3 is 0 Å². The van der Waals surface area contributed by atoms with Crippen LogP contribution in [0.3, 0.4) is 0 Å². The lowest BCUT2D eigenvalue weighted by Crippen LogP contribution is -2.40. The van der Waals surface area contributed by atoms with Gasteiger partial charge in [0.1, 0.15) is 18.2 Å². The molecule has 0 unspecified atom stereocenters. The highest BCUT2D eigenvalue weighted by Crippen LogP contribution is 2.19. The average molecular weight is 477 g/mol. The SMILES string of the molecule is O=C1N[C@@H](Cc2ccccc2)COCCCCN(Cc2cccc(F)c2)CCOc2ccccc21. The number of rotatable bonds is 4. The maximum absolute atomic E-state index is 13.7. The number of fused-ring (bicyclic) bond motifs is 1. The zero-order chi connectivity index (χ0) is 24.3. The van der Waals surface area contributed by atoms with Gasteiger partial charge in [0.2, 0.25) is 0 Å². The van der Waals surface area contributed by atoms with Crippen LogP contribution in [-0.4, -0.2) is 49.8 Å². The number of carbonyl (C=O) groups excluding carboxylic acids is 1. The largest absolute Gasteiger partial charge is 0.491 e. The Kier molecular flexibility index (Phi) is 9.26. The fourth-order valence-electron chi connectivity index (χ4n) is 4.31. The third kappa shape index (κ3) is 7.91. The van der Waals surface area contributed by atoms with E-state index in [1.165, 1.54) is 6.07 Å². The summed E-state index contributed by atoms with van der Waals surface area (Å²) in [6.45, 7) is 3.67. The lowest BCUT2D eigenvalue weighted by atomic mass is 10.1. The lowest BCUT2D eigenvalue weighted by molar-refractivity contribution is 0.0823. The Labute approximate surface area is 206 Å². The average Bonchev–Trinajstić information content (AvgIpc) is 2.86. The monoisotopic (exact) mass is 476 g/mol. The van der Waals surface area contributed by atoms with E-state index in [1.807, 2.05) is 42.5 Å². The first-order valence-electron chi connectivity index (χ1n) is 12.3. The van der Waals surface area contributed by atoms with Gasteiger partial charge in [-0.25, -0.2) is 4.39 Å². The molecule has 35 heavy (non-hydrogen) atoms. The molecule has 0 spiro atoms. The van der Waals surface area contributed by atoms with Gasteiger partial charge in [-0.05, 0) is 61.2 Å². The summed E-state index contributed by atoms with van der Waals surface area (Å²) in [5.74, 6) is 0.164. The number of para-hydroxylation sites is 1. The van der Waals surface area contributed by atoms with Crippen LogP contribution in [0.15, 0.2) is 78.9 Å². The second kappa shape index (κ2) is 13.0. The molecular formula is C29H33FN2O3. The van der Waals surface area contributed by atoms with Crippen LogP contribution in [0.1, 0.15) is 34.3 Å². The van der Waals surface area contributed by atoms with Crippen molar-refractivity contribution in [2.45, 2.75) is 31.8 Å². The number of ether oxygens (including phenoxy) is 2. The van der Waals surface area contributed by atoms with Crippen LogP contribution in [-0.2, 0) is 17.7 Å². The van der Waals surface area contributed by atoms with E-state index in [2.05, 4.69) is 22.3 Å². The Morgan fingerprint density at radius 1 is 0.886 bits per heavy atom. The number of halogens is 1. The molecule has 0 aliphatic carbocycles. The summed E-state index contributed by atoms with van der Waals surface area (Å²) < 4.78 is 25.7. The smallest absolute Gasteiger partial charge is 0.255 e. The van der Waals surface area contributed by atoms with Crippen molar-refractivity contribution in [3.8, 4) is 5.75 Å². The molecule has 3 aromatic rings. The molecule has 6 heteroatoms. The minimum atomic E-state index is -0.226. The van der Waals surface area contributed by atoms with Gasteiger partial charge < -0.3 is 14.8 Å². The van der Waals surface area contributed by atoms with E-state index in [0.29, 0.717) is 50.6 Å². The predicted octanol–water partition coefficient (Wildman–Crippen LogP) is 4.86. The van der Waals surface area contributed by atoms with Gasteiger partial charge in [0, 0.05) is 19.7 Å². The fraction of sp³-hybridized carbons (Fsp3) is 0.345. The van der Waals surface area contributed by atoms with E-state index in [9.17, 15) is 9.18 Å². The molecule has 0 bridgehead atoms. The maximum atomic E-state index is 13.7. The van der Waals surface area contributed by atoms with Crippen molar-refractivity contribution < 1.29 is 18.7 Å². The predicted molar refractivity (Wildman–Crippen MR) is 135 cm³/mol. The van der Waals surface area contributed by atoms with Gasteiger partial charge in [-0.1, -0.05) is 54.6 Å². The lowest BCUT2D eigenvalue weighted by Gasteiger charge is -2.23. The normalized spacial score (nSPS) is 18.4. The van der Waals surface area contributed by atoms with Gasteiger partial charge in [0.25, 0.3) is 5.91 Å². The van der Waals surface area contributed by atoms with Crippen molar-refractivity contribution in [2.75, 3.05) is 32.9 Å². The van der Waals surface area contributed by atoms with Gasteiger partial charge in [-0.2, -0.15) is 0 Å². The van der Waals surface area contributed by atoms with E-state index in [-0.39, 0.29) is 17.8 Å². The fourth-order valence-corrected chi connectivity index (χ4v) is 4.31. The first kappa shape index (κ1) is 24.9. The molecular weight excluding hydrogens is 443 g/mol. The molecule has 0 saturated heterocycles. The van der Waals surface area contributed by atoms with E-state index >= 15 is 0 Å². The van der Waals surface area contributed by atoms with Crippen LogP contribution in [0.25, 0.3) is 0 Å². The summed E-state index contributed by atoms with van der Waals surface area (Å²) in [5, 5.41) is 3.15. The molecule has 0 fully saturated rings. The van der Waals surface area contributed by atoms with Crippen molar-refractivity contribution in [1.29, 1.82) is 0 Å². The van der Waals surface area contributed by atoms with Gasteiger partial charge in [-0.15, -0.1) is 0 Å². The Bertz CT molecular complexity index is 1080. The maximum Gasteiger partial charge on any atom is 0.255 e. The topological polar surface area (TPSA) is 50.8 Å². The van der Waals surface area contributed by atoms with Gasteiger partial charge in [-0.3, -0.25) is 9.69 Å². The van der Waals surface area contributed by atoms with Crippen molar-refractivity contribution in [3.63, 3.8) is 0 Å². The quantitative estimate of drug-likeness (QED) is 0.585. The molecule has 1 N–H and O–H groups in total. The van der Waals surface area contributed by atoms with E-state index in [0.717, 1.165) is 30.5 Å². The Balaban J connectivity index is 1.47. The summed E-state index contributed by atoms with van der Waals surface area (Å²) in [6, 6.07) is 24.0. The number of amides is 1. The van der Waals surface area contributed by atoms with Crippen LogP contribution >= 0.6 is 0 Å². The second-order valence-electron chi connectivity index (χ2n) is 8.89. The van der Waals surface area contributed by atoms with Crippen LogP contribution in [0.4, 0.5) is 4.39 Å². The van der Waals surface area contributed by atoms with E-state index < -0.39 is 0 Å². The van der Waals surface area contributed by atoms with E-state index in [1.54, 1.807) is 18.2 Å². The number of nitrogens with zero attached hydrogens (tertiary/aromatic N) is 1. The van der Waals surface area contributed by atoms with Crippen molar-refractivity contribution >= 4 is 5.91 Å². The molecule has 0 saturated carbocycles. The van der Waals surface area contributed by atoms with Crippen LogP contribution in [0.2, 0.25) is 0 Å². The number of hydrogen-bond acceptors (Lipinski definition) is 4. The third-order valence-electron chi connectivity index (χ3n) is 6.08. The second-order valence-corrected chi connectivity index (χ2v) is 8.89. The highest BCUT2D eigenvalue weighted by molar-refractivity contribution is 5.97. The van der Waals surface area contributed by atoms with Crippen molar-refractivity contribution in [1.82, 2.24) is 10.2 Å². The van der Waals surface area contributed by atoms with Crippen molar-refractivity contribution in [2.24, 2.45) is 0 Å². The summed E-state index contributed by atoms with van der Waals surface area (Å²) in [5.41, 5.74) is 2.59. The molecule has 0 aromatic heterocycles. The van der Waals surface area contributed by atoms with Crippen molar-refractivity contribution in [3.05, 3.63) is 101 Å². The molecule has 0 radical (unpaired) electrons.